The van der Waals surface area contributed by atoms with E-state index in [0.29, 0.717) is 13.0 Å². The Morgan fingerprint density at radius 1 is 1.47 bits per heavy atom. The molecular formula is C13H20ClNO2. The number of nitrogens with one attached hydrogen (secondary N) is 1. The van der Waals surface area contributed by atoms with Crippen LogP contribution < -0.4 is 10.1 Å². The third-order valence-corrected chi connectivity index (χ3v) is 3.14. The van der Waals surface area contributed by atoms with Crippen LogP contribution in [-0.4, -0.2) is 25.4 Å². The number of halogens is 1. The van der Waals surface area contributed by atoms with Gasteiger partial charge >= 0.3 is 0 Å². The Morgan fingerprint density at radius 2 is 2.18 bits per heavy atom. The molecule has 0 saturated carbocycles. The van der Waals surface area contributed by atoms with Crippen molar-refractivity contribution in [3.63, 3.8) is 0 Å². The van der Waals surface area contributed by atoms with Gasteiger partial charge in [-0.15, -0.1) is 0 Å². The minimum atomic E-state index is 0.0552. The first-order valence-electron chi connectivity index (χ1n) is 5.85. The lowest BCUT2D eigenvalue weighted by Gasteiger charge is -2.20. The van der Waals surface area contributed by atoms with E-state index in [1.165, 1.54) is 0 Å². The highest BCUT2D eigenvalue weighted by atomic mass is 35.5. The minimum absolute atomic E-state index is 0.0552. The zero-order valence-corrected chi connectivity index (χ0v) is 11.3. The third-order valence-electron chi connectivity index (χ3n) is 2.73. The second-order valence-electron chi connectivity index (χ2n) is 3.93. The Balaban J connectivity index is 3.13. The highest BCUT2D eigenvalue weighted by molar-refractivity contribution is 6.31. The van der Waals surface area contributed by atoms with Crippen molar-refractivity contribution in [2.24, 2.45) is 0 Å². The van der Waals surface area contributed by atoms with Crippen LogP contribution in [0.2, 0.25) is 5.02 Å². The van der Waals surface area contributed by atoms with Crippen molar-refractivity contribution in [3.05, 3.63) is 28.3 Å². The fraction of sp³-hybridized carbons (Fsp3) is 0.538. The standard InChI is InChI=1S/C13H20ClNO2/c1-4-17-13-7-9(2)11(14)8-10(13)12(15-3)5-6-16/h7-8,12,15-16H,4-6H2,1-3H3. The fourth-order valence-corrected chi connectivity index (χ4v) is 1.98. The zero-order valence-electron chi connectivity index (χ0n) is 10.6. The summed E-state index contributed by atoms with van der Waals surface area (Å²) in [6, 6.07) is 3.92. The molecule has 0 radical (unpaired) electrons. The first-order valence-corrected chi connectivity index (χ1v) is 6.22. The van der Waals surface area contributed by atoms with E-state index in [1.54, 1.807) is 0 Å². The smallest absolute Gasteiger partial charge is 0.124 e. The first kappa shape index (κ1) is 14.3. The predicted molar refractivity (Wildman–Crippen MR) is 70.9 cm³/mol. The van der Waals surface area contributed by atoms with Crippen LogP contribution in [0.3, 0.4) is 0 Å². The van der Waals surface area contributed by atoms with Crippen molar-refractivity contribution in [2.45, 2.75) is 26.3 Å². The van der Waals surface area contributed by atoms with Crippen molar-refractivity contribution in [1.82, 2.24) is 5.32 Å². The maximum absolute atomic E-state index is 9.06. The van der Waals surface area contributed by atoms with Crippen molar-refractivity contribution in [1.29, 1.82) is 0 Å². The lowest BCUT2D eigenvalue weighted by molar-refractivity contribution is 0.265. The number of aliphatic hydroxyl groups is 1. The van der Waals surface area contributed by atoms with Gasteiger partial charge in [-0.1, -0.05) is 11.6 Å². The molecule has 17 heavy (non-hydrogen) atoms. The number of aliphatic hydroxyl groups excluding tert-OH is 1. The molecule has 1 unspecified atom stereocenters. The van der Waals surface area contributed by atoms with E-state index in [0.717, 1.165) is 21.9 Å². The molecule has 1 rings (SSSR count). The van der Waals surface area contributed by atoms with Crippen molar-refractivity contribution >= 4 is 11.6 Å². The maximum Gasteiger partial charge on any atom is 0.124 e. The van der Waals surface area contributed by atoms with Crippen molar-refractivity contribution in [2.75, 3.05) is 20.3 Å². The molecule has 0 amide bonds. The summed E-state index contributed by atoms with van der Waals surface area (Å²) in [5, 5.41) is 12.9. The SMILES string of the molecule is CCOc1cc(C)c(Cl)cc1C(CCO)NC. The lowest BCUT2D eigenvalue weighted by Crippen LogP contribution is -2.18. The molecule has 0 fully saturated rings. The van der Waals surface area contributed by atoms with Crippen molar-refractivity contribution in [3.8, 4) is 5.75 Å². The third kappa shape index (κ3) is 3.60. The summed E-state index contributed by atoms with van der Waals surface area (Å²) >= 11 is 6.14. The largest absolute Gasteiger partial charge is 0.494 e. The molecule has 1 aromatic carbocycles. The van der Waals surface area contributed by atoms with E-state index < -0.39 is 0 Å². The van der Waals surface area contributed by atoms with E-state index in [-0.39, 0.29) is 12.6 Å². The molecule has 1 aromatic rings. The van der Waals surface area contributed by atoms with Crippen LogP contribution in [0.25, 0.3) is 0 Å². The number of hydrogen-bond acceptors (Lipinski definition) is 3. The summed E-state index contributed by atoms with van der Waals surface area (Å²) in [4.78, 5) is 0. The molecule has 0 heterocycles. The molecule has 2 N–H and O–H groups in total. The van der Waals surface area contributed by atoms with E-state index >= 15 is 0 Å². The number of hydrogen-bond donors (Lipinski definition) is 2. The summed E-state index contributed by atoms with van der Waals surface area (Å²) < 4.78 is 5.62. The van der Waals surface area contributed by atoms with Gasteiger partial charge in [-0.3, -0.25) is 0 Å². The van der Waals surface area contributed by atoms with Gasteiger partial charge in [-0.05, 0) is 45.0 Å². The highest BCUT2D eigenvalue weighted by Crippen LogP contribution is 2.32. The van der Waals surface area contributed by atoms with Gasteiger partial charge in [0.2, 0.25) is 0 Å². The number of aryl methyl sites for hydroxylation is 1. The quantitative estimate of drug-likeness (QED) is 0.823. The molecule has 0 aromatic heterocycles. The van der Waals surface area contributed by atoms with E-state index in [1.807, 2.05) is 33.0 Å². The summed E-state index contributed by atoms with van der Waals surface area (Å²) in [5.41, 5.74) is 2.00. The monoisotopic (exact) mass is 257 g/mol. The minimum Gasteiger partial charge on any atom is -0.494 e. The van der Waals surface area contributed by atoms with Gasteiger partial charge in [0.25, 0.3) is 0 Å². The van der Waals surface area contributed by atoms with Gasteiger partial charge in [-0.25, -0.2) is 0 Å². The average Bonchev–Trinajstić information content (AvgIpc) is 2.31. The van der Waals surface area contributed by atoms with Gasteiger partial charge in [0.15, 0.2) is 0 Å². The second kappa shape index (κ2) is 6.84. The van der Waals surface area contributed by atoms with Gasteiger partial charge in [0.1, 0.15) is 5.75 Å². The maximum atomic E-state index is 9.06. The van der Waals surface area contributed by atoms with E-state index in [4.69, 9.17) is 21.4 Å². The average molecular weight is 258 g/mol. The van der Waals surface area contributed by atoms with Crippen LogP contribution in [0, 0.1) is 6.92 Å². The topological polar surface area (TPSA) is 41.5 Å². The molecular weight excluding hydrogens is 238 g/mol. The molecule has 4 heteroatoms. The summed E-state index contributed by atoms with van der Waals surface area (Å²) in [5.74, 6) is 0.835. The predicted octanol–water partition coefficient (Wildman–Crippen LogP) is 2.69. The number of ether oxygens (including phenoxy) is 1. The van der Waals surface area contributed by atoms with Crippen LogP contribution >= 0.6 is 11.6 Å². The van der Waals surface area contributed by atoms with Crippen LogP contribution in [0.5, 0.6) is 5.75 Å². The number of benzene rings is 1. The van der Waals surface area contributed by atoms with Crippen LogP contribution in [-0.2, 0) is 0 Å². The molecule has 0 aliphatic carbocycles. The molecule has 96 valence electrons. The van der Waals surface area contributed by atoms with Crippen LogP contribution in [0.1, 0.15) is 30.5 Å². The molecule has 3 nitrogen and oxygen atoms in total. The van der Waals surface area contributed by atoms with Gasteiger partial charge in [0.05, 0.1) is 6.61 Å². The Kier molecular flexibility index (Phi) is 5.75. The molecule has 0 saturated heterocycles. The van der Waals surface area contributed by atoms with E-state index in [2.05, 4.69) is 5.32 Å². The van der Waals surface area contributed by atoms with E-state index in [9.17, 15) is 0 Å². The fourth-order valence-electron chi connectivity index (χ4n) is 1.81. The van der Waals surface area contributed by atoms with Gasteiger partial charge in [0, 0.05) is 23.2 Å². The molecule has 1 atom stereocenters. The second-order valence-corrected chi connectivity index (χ2v) is 4.33. The Labute approximate surface area is 108 Å². The summed E-state index contributed by atoms with van der Waals surface area (Å²) in [6.07, 6.45) is 0.635. The summed E-state index contributed by atoms with van der Waals surface area (Å²) in [6.45, 7) is 4.65. The molecule has 0 bridgehead atoms. The Hall–Kier alpha value is -0.770. The normalized spacial score (nSPS) is 12.5. The highest BCUT2D eigenvalue weighted by Gasteiger charge is 2.16. The first-order chi connectivity index (χ1) is 8.13. The molecule has 0 aliphatic heterocycles. The lowest BCUT2D eigenvalue weighted by atomic mass is 10.0. The Bertz CT molecular complexity index is 369. The summed E-state index contributed by atoms with van der Waals surface area (Å²) in [7, 11) is 1.86. The van der Waals surface area contributed by atoms with Gasteiger partial charge in [-0.2, -0.15) is 0 Å². The molecule has 0 aliphatic rings. The number of rotatable bonds is 6. The van der Waals surface area contributed by atoms with Crippen molar-refractivity contribution < 1.29 is 9.84 Å². The van der Waals surface area contributed by atoms with Gasteiger partial charge < -0.3 is 15.2 Å². The zero-order chi connectivity index (χ0) is 12.8. The molecule has 0 spiro atoms. The van der Waals surface area contributed by atoms with Crippen LogP contribution in [0.4, 0.5) is 0 Å². The Morgan fingerprint density at radius 3 is 2.71 bits per heavy atom. The van der Waals surface area contributed by atoms with Crippen LogP contribution in [0.15, 0.2) is 12.1 Å².